The standard InChI is InChI=1S/C14H21NO2/c1-11-4-2-5-12(10-11)17-9-8-15-13-6-3-7-14(13)16/h2,4-5,10,13-16H,3,6-9H2,1H3. The monoisotopic (exact) mass is 235 g/mol. The first-order valence-electron chi connectivity index (χ1n) is 6.36. The van der Waals surface area contributed by atoms with Crippen molar-refractivity contribution in [3.8, 4) is 5.75 Å². The topological polar surface area (TPSA) is 41.5 Å². The van der Waals surface area contributed by atoms with E-state index in [4.69, 9.17) is 4.74 Å². The number of hydrogen-bond donors (Lipinski definition) is 2. The molecule has 1 aromatic rings. The summed E-state index contributed by atoms with van der Waals surface area (Å²) < 4.78 is 5.64. The van der Waals surface area contributed by atoms with Gasteiger partial charge < -0.3 is 15.2 Å². The Labute approximate surface area is 103 Å². The first-order valence-corrected chi connectivity index (χ1v) is 6.36. The summed E-state index contributed by atoms with van der Waals surface area (Å²) in [4.78, 5) is 0. The Morgan fingerprint density at radius 3 is 3.00 bits per heavy atom. The van der Waals surface area contributed by atoms with E-state index in [-0.39, 0.29) is 12.1 Å². The minimum atomic E-state index is -0.172. The summed E-state index contributed by atoms with van der Waals surface area (Å²) in [6.07, 6.45) is 2.95. The van der Waals surface area contributed by atoms with Crippen molar-refractivity contribution in [3.05, 3.63) is 29.8 Å². The second-order valence-electron chi connectivity index (χ2n) is 4.72. The predicted octanol–water partition coefficient (Wildman–Crippen LogP) is 1.88. The van der Waals surface area contributed by atoms with E-state index >= 15 is 0 Å². The number of rotatable bonds is 5. The highest BCUT2D eigenvalue weighted by molar-refractivity contribution is 5.27. The molecule has 2 N–H and O–H groups in total. The molecule has 0 spiro atoms. The highest BCUT2D eigenvalue weighted by atomic mass is 16.5. The summed E-state index contributed by atoms with van der Waals surface area (Å²) in [6, 6.07) is 8.32. The van der Waals surface area contributed by atoms with Crippen molar-refractivity contribution in [1.82, 2.24) is 5.32 Å². The van der Waals surface area contributed by atoms with Gasteiger partial charge in [-0.1, -0.05) is 12.1 Å². The number of ether oxygens (including phenoxy) is 1. The van der Waals surface area contributed by atoms with Crippen molar-refractivity contribution in [3.63, 3.8) is 0 Å². The van der Waals surface area contributed by atoms with Crippen molar-refractivity contribution in [2.45, 2.75) is 38.3 Å². The Hall–Kier alpha value is -1.06. The maximum atomic E-state index is 9.64. The Kier molecular flexibility index (Phi) is 4.40. The molecule has 1 aromatic carbocycles. The minimum Gasteiger partial charge on any atom is -0.492 e. The number of nitrogens with one attached hydrogen (secondary N) is 1. The zero-order chi connectivity index (χ0) is 12.1. The summed E-state index contributed by atoms with van der Waals surface area (Å²) in [7, 11) is 0. The fourth-order valence-electron chi connectivity index (χ4n) is 2.30. The molecule has 0 radical (unpaired) electrons. The van der Waals surface area contributed by atoms with Crippen LogP contribution in [0.4, 0.5) is 0 Å². The lowest BCUT2D eigenvalue weighted by molar-refractivity contribution is 0.146. The van der Waals surface area contributed by atoms with E-state index in [0.717, 1.165) is 31.6 Å². The van der Waals surface area contributed by atoms with Crippen molar-refractivity contribution in [1.29, 1.82) is 0 Å². The molecule has 2 atom stereocenters. The van der Waals surface area contributed by atoms with E-state index in [1.165, 1.54) is 5.56 Å². The van der Waals surface area contributed by atoms with Crippen LogP contribution in [0.5, 0.6) is 5.75 Å². The molecular formula is C14H21NO2. The van der Waals surface area contributed by atoms with Gasteiger partial charge in [-0.2, -0.15) is 0 Å². The zero-order valence-corrected chi connectivity index (χ0v) is 10.4. The fourth-order valence-corrected chi connectivity index (χ4v) is 2.30. The molecule has 0 amide bonds. The summed E-state index contributed by atoms with van der Waals surface area (Å²) >= 11 is 0. The number of aliphatic hydroxyl groups is 1. The summed E-state index contributed by atoms with van der Waals surface area (Å²) in [5.74, 6) is 0.916. The van der Waals surface area contributed by atoms with Gasteiger partial charge in [0.15, 0.2) is 0 Å². The van der Waals surface area contributed by atoms with E-state index in [1.54, 1.807) is 0 Å². The average Bonchev–Trinajstić information content (AvgIpc) is 2.71. The molecule has 0 heterocycles. The SMILES string of the molecule is Cc1cccc(OCCNC2CCCC2O)c1. The van der Waals surface area contributed by atoms with Crippen LogP contribution >= 0.6 is 0 Å². The molecule has 1 aliphatic rings. The molecule has 3 nitrogen and oxygen atoms in total. The van der Waals surface area contributed by atoms with Crippen LogP contribution in [0.2, 0.25) is 0 Å². The quantitative estimate of drug-likeness (QED) is 0.766. The van der Waals surface area contributed by atoms with E-state index in [0.29, 0.717) is 6.61 Å². The van der Waals surface area contributed by atoms with Gasteiger partial charge in [0, 0.05) is 12.6 Å². The van der Waals surface area contributed by atoms with Crippen LogP contribution in [0, 0.1) is 6.92 Å². The van der Waals surface area contributed by atoms with Crippen LogP contribution in [0.3, 0.4) is 0 Å². The molecule has 0 saturated heterocycles. The second-order valence-corrected chi connectivity index (χ2v) is 4.72. The smallest absolute Gasteiger partial charge is 0.119 e. The van der Waals surface area contributed by atoms with Gasteiger partial charge in [-0.15, -0.1) is 0 Å². The third-order valence-electron chi connectivity index (χ3n) is 3.25. The lowest BCUT2D eigenvalue weighted by Gasteiger charge is -2.16. The van der Waals surface area contributed by atoms with E-state index in [9.17, 15) is 5.11 Å². The third-order valence-corrected chi connectivity index (χ3v) is 3.25. The van der Waals surface area contributed by atoms with Gasteiger partial charge in [-0.3, -0.25) is 0 Å². The molecule has 2 rings (SSSR count). The summed E-state index contributed by atoms with van der Waals surface area (Å²) in [6.45, 7) is 3.49. The van der Waals surface area contributed by atoms with Crippen LogP contribution in [0.15, 0.2) is 24.3 Å². The van der Waals surface area contributed by atoms with Gasteiger partial charge >= 0.3 is 0 Å². The third kappa shape index (κ3) is 3.72. The molecule has 1 fully saturated rings. The van der Waals surface area contributed by atoms with E-state index in [1.807, 2.05) is 18.2 Å². The van der Waals surface area contributed by atoms with Crippen LogP contribution < -0.4 is 10.1 Å². The first kappa shape index (κ1) is 12.4. The largest absolute Gasteiger partial charge is 0.492 e. The number of hydrogen-bond acceptors (Lipinski definition) is 3. The Morgan fingerprint density at radius 1 is 1.41 bits per heavy atom. The van der Waals surface area contributed by atoms with Gasteiger partial charge in [0.2, 0.25) is 0 Å². The highest BCUT2D eigenvalue weighted by Crippen LogP contribution is 2.18. The first-order chi connectivity index (χ1) is 8.25. The molecular weight excluding hydrogens is 214 g/mol. The van der Waals surface area contributed by atoms with Gasteiger partial charge in [0.1, 0.15) is 12.4 Å². The van der Waals surface area contributed by atoms with Crippen molar-refractivity contribution in [2.24, 2.45) is 0 Å². The molecule has 0 aromatic heterocycles. The van der Waals surface area contributed by atoms with Crippen molar-refractivity contribution >= 4 is 0 Å². The van der Waals surface area contributed by atoms with Crippen LogP contribution in [-0.2, 0) is 0 Å². The van der Waals surface area contributed by atoms with Gasteiger partial charge in [0.25, 0.3) is 0 Å². The Bertz CT molecular complexity index is 354. The van der Waals surface area contributed by atoms with Crippen LogP contribution in [0.25, 0.3) is 0 Å². The maximum Gasteiger partial charge on any atom is 0.119 e. The average molecular weight is 235 g/mol. The number of aryl methyl sites for hydroxylation is 1. The summed E-state index contributed by atoms with van der Waals surface area (Å²) in [5.41, 5.74) is 1.21. The van der Waals surface area contributed by atoms with Gasteiger partial charge in [-0.05, 0) is 43.9 Å². The number of aliphatic hydroxyl groups excluding tert-OH is 1. The Morgan fingerprint density at radius 2 is 2.29 bits per heavy atom. The lowest BCUT2D eigenvalue weighted by atomic mass is 10.2. The normalized spacial score (nSPS) is 23.9. The van der Waals surface area contributed by atoms with Gasteiger partial charge in [0.05, 0.1) is 6.10 Å². The molecule has 0 aliphatic heterocycles. The van der Waals surface area contributed by atoms with E-state index in [2.05, 4.69) is 18.3 Å². The van der Waals surface area contributed by atoms with Crippen LogP contribution in [0.1, 0.15) is 24.8 Å². The predicted molar refractivity (Wildman–Crippen MR) is 68.3 cm³/mol. The highest BCUT2D eigenvalue weighted by Gasteiger charge is 2.23. The Balaban J connectivity index is 1.66. The second kappa shape index (κ2) is 6.03. The molecule has 3 heteroatoms. The van der Waals surface area contributed by atoms with Crippen molar-refractivity contribution < 1.29 is 9.84 Å². The molecule has 17 heavy (non-hydrogen) atoms. The summed E-state index contributed by atoms with van der Waals surface area (Å²) in [5, 5.41) is 13.0. The lowest BCUT2D eigenvalue weighted by Crippen LogP contribution is -2.37. The molecule has 1 aliphatic carbocycles. The fraction of sp³-hybridized carbons (Fsp3) is 0.571. The maximum absolute atomic E-state index is 9.64. The molecule has 94 valence electrons. The molecule has 2 unspecified atom stereocenters. The number of benzene rings is 1. The minimum absolute atomic E-state index is 0.172. The molecule has 0 bridgehead atoms. The van der Waals surface area contributed by atoms with Crippen molar-refractivity contribution in [2.75, 3.05) is 13.2 Å². The molecule has 1 saturated carbocycles. The van der Waals surface area contributed by atoms with Gasteiger partial charge in [-0.25, -0.2) is 0 Å². The zero-order valence-electron chi connectivity index (χ0n) is 10.4. The van der Waals surface area contributed by atoms with E-state index < -0.39 is 0 Å². The van der Waals surface area contributed by atoms with Crippen LogP contribution in [-0.4, -0.2) is 30.4 Å².